The van der Waals surface area contributed by atoms with Gasteiger partial charge in [0.2, 0.25) is 5.91 Å². The van der Waals surface area contributed by atoms with Gasteiger partial charge in [-0.3, -0.25) is 4.79 Å². The summed E-state index contributed by atoms with van der Waals surface area (Å²) >= 11 is 0. The van der Waals surface area contributed by atoms with Crippen molar-refractivity contribution in [1.29, 1.82) is 0 Å². The molecule has 0 heterocycles. The molecule has 0 radical (unpaired) electrons. The van der Waals surface area contributed by atoms with Gasteiger partial charge in [0.25, 0.3) is 0 Å². The lowest BCUT2D eigenvalue weighted by atomic mass is 9.76. The van der Waals surface area contributed by atoms with Crippen LogP contribution in [0.1, 0.15) is 6.42 Å². The summed E-state index contributed by atoms with van der Waals surface area (Å²) in [6, 6.07) is 0. The zero-order valence-electron chi connectivity index (χ0n) is 6.44. The fourth-order valence-corrected chi connectivity index (χ4v) is 1.08. The first-order valence-corrected chi connectivity index (χ1v) is 3.50. The van der Waals surface area contributed by atoms with Crippen LogP contribution in [0.5, 0.6) is 0 Å². The van der Waals surface area contributed by atoms with Crippen LogP contribution >= 0.6 is 0 Å². The number of carbonyl (C=O) groups excluding carboxylic acids is 1. The van der Waals surface area contributed by atoms with E-state index in [1.54, 1.807) is 0 Å². The van der Waals surface area contributed by atoms with Crippen molar-refractivity contribution in [3.8, 4) is 0 Å². The fraction of sp³-hybridized carbons (Fsp3) is 0.571. The van der Waals surface area contributed by atoms with E-state index in [9.17, 15) is 22.4 Å². The highest BCUT2D eigenvalue weighted by Gasteiger charge is 2.70. The molecule has 0 aromatic carbocycles. The van der Waals surface area contributed by atoms with Crippen LogP contribution in [0.25, 0.3) is 0 Å². The maximum Gasteiger partial charge on any atom is 0.316 e. The second-order valence-corrected chi connectivity index (χ2v) is 2.90. The van der Waals surface area contributed by atoms with E-state index >= 15 is 0 Å². The van der Waals surface area contributed by atoms with Crippen molar-refractivity contribution in [2.75, 3.05) is 0 Å². The predicted octanol–water partition coefficient (Wildman–Crippen LogP) is 1.32. The number of hydrogen-bond acceptors (Lipinski definition) is 1. The molecule has 1 saturated carbocycles. The zero-order chi connectivity index (χ0) is 10.3. The molecule has 74 valence electrons. The monoisotopic (exact) mass is 197 g/mol. The standard InChI is InChI=1S/C7H7F4NO/c8-6(9)3-4(7(6,10)11)1-2-5(12)13/h1-2,4H,3H2,(H2,12,13)/b2-1+. The Hall–Kier alpha value is -1.07. The van der Waals surface area contributed by atoms with E-state index in [0.717, 1.165) is 6.08 Å². The SMILES string of the molecule is NC(=O)/C=C/C1CC(F)(F)C1(F)F. The number of primary amides is 1. The number of allylic oxidation sites excluding steroid dienone is 1. The lowest BCUT2D eigenvalue weighted by molar-refractivity contribution is -0.301. The first-order chi connectivity index (χ1) is 5.77. The van der Waals surface area contributed by atoms with Gasteiger partial charge in [-0.15, -0.1) is 0 Å². The molecule has 0 aliphatic heterocycles. The molecule has 1 amide bonds. The third-order valence-corrected chi connectivity index (χ3v) is 1.92. The Balaban J connectivity index is 2.65. The maximum absolute atomic E-state index is 12.5. The molecule has 1 atom stereocenters. The Bertz CT molecular complexity index is 261. The molecule has 2 nitrogen and oxygen atoms in total. The topological polar surface area (TPSA) is 43.1 Å². The molecule has 2 N–H and O–H groups in total. The summed E-state index contributed by atoms with van der Waals surface area (Å²) in [7, 11) is 0. The highest BCUT2D eigenvalue weighted by molar-refractivity contribution is 5.85. The van der Waals surface area contributed by atoms with Gasteiger partial charge in [0, 0.05) is 6.42 Å². The van der Waals surface area contributed by atoms with Crippen LogP contribution < -0.4 is 5.73 Å². The van der Waals surface area contributed by atoms with Crippen LogP contribution in [0.3, 0.4) is 0 Å². The number of alkyl halides is 4. The minimum absolute atomic E-state index is 0.674. The van der Waals surface area contributed by atoms with E-state index in [1.165, 1.54) is 0 Å². The molecular formula is C7H7F4NO. The quantitative estimate of drug-likeness (QED) is 0.526. The van der Waals surface area contributed by atoms with E-state index in [-0.39, 0.29) is 0 Å². The Labute approximate surface area is 71.4 Å². The van der Waals surface area contributed by atoms with Gasteiger partial charge in [-0.25, -0.2) is 0 Å². The average molecular weight is 197 g/mol. The molecule has 6 heteroatoms. The summed E-state index contributed by atoms with van der Waals surface area (Å²) in [5.41, 5.74) is 4.62. The van der Waals surface area contributed by atoms with Crippen molar-refractivity contribution in [2.45, 2.75) is 18.3 Å². The lowest BCUT2D eigenvalue weighted by Crippen LogP contribution is -2.57. The Morgan fingerprint density at radius 3 is 2.23 bits per heavy atom. The number of rotatable bonds is 2. The highest BCUT2D eigenvalue weighted by atomic mass is 19.3. The van der Waals surface area contributed by atoms with Crippen molar-refractivity contribution < 1.29 is 22.4 Å². The second kappa shape index (κ2) is 2.71. The minimum Gasteiger partial charge on any atom is -0.366 e. The first-order valence-electron chi connectivity index (χ1n) is 3.50. The number of carbonyl (C=O) groups is 1. The van der Waals surface area contributed by atoms with Gasteiger partial charge in [-0.1, -0.05) is 6.08 Å². The predicted molar refractivity (Wildman–Crippen MR) is 36.3 cm³/mol. The van der Waals surface area contributed by atoms with Gasteiger partial charge >= 0.3 is 11.8 Å². The fourth-order valence-electron chi connectivity index (χ4n) is 1.08. The molecule has 1 fully saturated rings. The van der Waals surface area contributed by atoms with E-state index in [0.29, 0.717) is 6.08 Å². The number of halogens is 4. The molecule has 1 aliphatic carbocycles. The molecule has 1 unspecified atom stereocenters. The number of hydrogen-bond donors (Lipinski definition) is 1. The summed E-state index contributed by atoms with van der Waals surface area (Å²) in [5, 5.41) is 0. The smallest absolute Gasteiger partial charge is 0.316 e. The van der Waals surface area contributed by atoms with E-state index in [2.05, 4.69) is 5.73 Å². The van der Waals surface area contributed by atoms with Gasteiger partial charge in [-0.2, -0.15) is 17.6 Å². The summed E-state index contributed by atoms with van der Waals surface area (Å²) in [4.78, 5) is 10.1. The molecule has 0 aromatic heterocycles. The van der Waals surface area contributed by atoms with Crippen LogP contribution in [0, 0.1) is 5.92 Å². The molecule has 1 rings (SSSR count). The molecule has 0 aromatic rings. The van der Waals surface area contributed by atoms with Gasteiger partial charge in [-0.05, 0) is 6.08 Å². The van der Waals surface area contributed by atoms with Crippen LogP contribution in [-0.4, -0.2) is 17.8 Å². The van der Waals surface area contributed by atoms with Crippen LogP contribution in [0.2, 0.25) is 0 Å². The molecular weight excluding hydrogens is 190 g/mol. The van der Waals surface area contributed by atoms with Crippen molar-refractivity contribution in [3.05, 3.63) is 12.2 Å². The molecule has 0 saturated heterocycles. The average Bonchev–Trinajstić information content (AvgIpc) is 1.97. The summed E-state index contributed by atoms with van der Waals surface area (Å²) in [6.45, 7) is 0. The summed E-state index contributed by atoms with van der Waals surface area (Å²) < 4.78 is 49.3. The normalized spacial score (nSPS) is 30.0. The van der Waals surface area contributed by atoms with Crippen molar-refractivity contribution >= 4 is 5.91 Å². The Kier molecular flexibility index (Phi) is 2.09. The zero-order valence-corrected chi connectivity index (χ0v) is 6.44. The van der Waals surface area contributed by atoms with Gasteiger partial charge < -0.3 is 5.73 Å². The molecule has 0 spiro atoms. The van der Waals surface area contributed by atoms with E-state index in [1.807, 2.05) is 0 Å². The maximum atomic E-state index is 12.5. The van der Waals surface area contributed by atoms with Crippen LogP contribution in [0.4, 0.5) is 17.6 Å². The van der Waals surface area contributed by atoms with Gasteiger partial charge in [0.1, 0.15) is 0 Å². The van der Waals surface area contributed by atoms with Crippen molar-refractivity contribution in [2.24, 2.45) is 11.7 Å². The third kappa shape index (κ3) is 1.52. The molecule has 0 bridgehead atoms. The first kappa shape index (κ1) is 10.0. The van der Waals surface area contributed by atoms with Gasteiger partial charge in [0.15, 0.2) is 0 Å². The number of nitrogens with two attached hydrogens (primary N) is 1. The van der Waals surface area contributed by atoms with Crippen LogP contribution in [0.15, 0.2) is 12.2 Å². The van der Waals surface area contributed by atoms with E-state index in [4.69, 9.17) is 0 Å². The largest absolute Gasteiger partial charge is 0.366 e. The van der Waals surface area contributed by atoms with Gasteiger partial charge in [0.05, 0.1) is 5.92 Å². The van der Waals surface area contributed by atoms with E-state index < -0.39 is 30.1 Å². The second-order valence-electron chi connectivity index (χ2n) is 2.90. The summed E-state index contributed by atoms with van der Waals surface area (Å²) in [5.74, 6) is -10.5. The number of amides is 1. The van der Waals surface area contributed by atoms with Crippen LogP contribution in [-0.2, 0) is 4.79 Å². The third-order valence-electron chi connectivity index (χ3n) is 1.92. The van der Waals surface area contributed by atoms with Crippen molar-refractivity contribution in [3.63, 3.8) is 0 Å². The Morgan fingerprint density at radius 1 is 1.38 bits per heavy atom. The Morgan fingerprint density at radius 2 is 1.92 bits per heavy atom. The minimum atomic E-state index is -4.06. The van der Waals surface area contributed by atoms with Crippen molar-refractivity contribution in [1.82, 2.24) is 0 Å². The molecule has 13 heavy (non-hydrogen) atoms. The highest BCUT2D eigenvalue weighted by Crippen LogP contribution is 2.55. The lowest BCUT2D eigenvalue weighted by Gasteiger charge is -2.42. The molecule has 1 aliphatic rings. The summed E-state index contributed by atoms with van der Waals surface area (Å²) in [6.07, 6.45) is 0.456.